The van der Waals surface area contributed by atoms with Crippen LogP contribution in [0.15, 0.2) is 53.5 Å². The van der Waals surface area contributed by atoms with Gasteiger partial charge in [0.1, 0.15) is 17.2 Å². The van der Waals surface area contributed by atoms with Gasteiger partial charge in [0.25, 0.3) is 5.91 Å². The Labute approximate surface area is 168 Å². The van der Waals surface area contributed by atoms with Gasteiger partial charge in [-0.1, -0.05) is 29.8 Å². The Morgan fingerprint density at radius 3 is 2.62 bits per heavy atom. The van der Waals surface area contributed by atoms with Gasteiger partial charge in [0.2, 0.25) is 5.91 Å². The van der Waals surface area contributed by atoms with E-state index >= 15 is 0 Å². The Balaban J connectivity index is 1.36. The lowest BCUT2D eigenvalue weighted by atomic mass is 9.98. The number of aryl methyl sites for hydroxylation is 1. The number of amides is 2. The number of nitrogens with one attached hydrogen (secondary N) is 2. The molecule has 150 valence electrons. The van der Waals surface area contributed by atoms with Gasteiger partial charge in [-0.25, -0.2) is 4.39 Å². The first-order valence-corrected chi connectivity index (χ1v) is 9.70. The average molecular weight is 394 g/mol. The number of nitrogens with zero attached hydrogens (tertiary/aromatic N) is 2. The van der Waals surface area contributed by atoms with Crippen molar-refractivity contribution in [1.29, 1.82) is 0 Å². The number of rotatable bonds is 4. The number of anilines is 1. The van der Waals surface area contributed by atoms with Crippen molar-refractivity contribution in [2.45, 2.75) is 25.4 Å². The second kappa shape index (κ2) is 7.75. The summed E-state index contributed by atoms with van der Waals surface area (Å²) >= 11 is 0. The van der Waals surface area contributed by atoms with Crippen LogP contribution in [-0.4, -0.2) is 47.7 Å². The molecule has 6 nitrogen and oxygen atoms in total. The molecule has 2 N–H and O–H groups in total. The molecule has 2 amide bonds. The first kappa shape index (κ1) is 19.3. The predicted octanol–water partition coefficient (Wildman–Crippen LogP) is 2.48. The van der Waals surface area contributed by atoms with E-state index < -0.39 is 11.5 Å². The molecule has 29 heavy (non-hydrogen) atoms. The van der Waals surface area contributed by atoms with E-state index in [1.165, 1.54) is 12.1 Å². The third-order valence-corrected chi connectivity index (χ3v) is 5.37. The Morgan fingerprint density at radius 1 is 1.21 bits per heavy atom. The molecular weight excluding hydrogens is 371 g/mol. The zero-order valence-electron chi connectivity index (χ0n) is 16.2. The summed E-state index contributed by atoms with van der Waals surface area (Å²) in [6.45, 7) is 3.57. The van der Waals surface area contributed by atoms with Crippen LogP contribution in [0.3, 0.4) is 0 Å². The Hall–Kier alpha value is -3.06. The molecule has 2 heterocycles. The summed E-state index contributed by atoms with van der Waals surface area (Å²) < 4.78 is 13.5. The normalized spacial score (nSPS) is 18.4. The highest BCUT2D eigenvalue weighted by atomic mass is 19.1. The molecule has 0 atom stereocenters. The third-order valence-electron chi connectivity index (χ3n) is 5.37. The molecule has 2 aromatic rings. The highest BCUT2D eigenvalue weighted by Gasteiger charge is 2.42. The van der Waals surface area contributed by atoms with E-state index in [1.807, 2.05) is 31.2 Å². The van der Waals surface area contributed by atoms with Crippen LogP contribution in [0.4, 0.5) is 10.1 Å². The zero-order valence-corrected chi connectivity index (χ0v) is 16.2. The Kier molecular flexibility index (Phi) is 5.15. The molecule has 1 fully saturated rings. The first-order chi connectivity index (χ1) is 13.9. The number of hydrogen-bond acceptors (Lipinski definition) is 4. The van der Waals surface area contributed by atoms with E-state index in [4.69, 9.17) is 0 Å². The fraction of sp³-hybridized carbons (Fsp3) is 0.318. The van der Waals surface area contributed by atoms with Gasteiger partial charge in [-0.15, -0.1) is 0 Å². The molecule has 7 heteroatoms. The van der Waals surface area contributed by atoms with Crippen molar-refractivity contribution in [2.75, 3.05) is 25.0 Å². The molecule has 4 rings (SSSR count). The minimum atomic E-state index is -0.664. The lowest BCUT2D eigenvalue weighted by molar-refractivity contribution is -0.119. The minimum Gasteiger partial charge on any atom is -0.326 e. The van der Waals surface area contributed by atoms with Crippen LogP contribution in [0.1, 0.15) is 24.0 Å². The van der Waals surface area contributed by atoms with Crippen molar-refractivity contribution >= 4 is 23.2 Å². The molecule has 1 spiro atoms. The van der Waals surface area contributed by atoms with E-state index in [1.54, 1.807) is 12.1 Å². The number of likely N-dealkylation sites (tertiary alicyclic amines) is 1. The molecule has 0 radical (unpaired) electrons. The summed E-state index contributed by atoms with van der Waals surface area (Å²) in [6, 6.07) is 13.6. The summed E-state index contributed by atoms with van der Waals surface area (Å²) in [6.07, 6.45) is 1.21. The van der Waals surface area contributed by atoms with Crippen LogP contribution in [0.2, 0.25) is 0 Å². The number of carbonyl (C=O) groups is 2. The minimum absolute atomic E-state index is 0.0655. The standard InChI is InChI=1S/C22H23FN4O2/c1-15-5-7-18(8-6-15)24-19(28)14-27-11-9-22(10-12-27)25-20(21(29)26-22)16-3-2-4-17(23)13-16/h2-8,13H,9-12,14H2,1H3,(H,24,28)(H,26,29). The van der Waals surface area contributed by atoms with Crippen LogP contribution >= 0.6 is 0 Å². The Morgan fingerprint density at radius 2 is 1.93 bits per heavy atom. The predicted molar refractivity (Wildman–Crippen MR) is 109 cm³/mol. The maximum Gasteiger partial charge on any atom is 0.272 e. The number of aliphatic imine (C=N–C) groups is 1. The van der Waals surface area contributed by atoms with Gasteiger partial charge in [0, 0.05) is 37.2 Å². The lowest BCUT2D eigenvalue weighted by Crippen LogP contribution is -2.52. The highest BCUT2D eigenvalue weighted by molar-refractivity contribution is 6.46. The lowest BCUT2D eigenvalue weighted by Gasteiger charge is -2.36. The quantitative estimate of drug-likeness (QED) is 0.837. The largest absolute Gasteiger partial charge is 0.326 e. The molecule has 2 aliphatic rings. The summed E-state index contributed by atoms with van der Waals surface area (Å²) in [5.41, 5.74) is 2.01. The van der Waals surface area contributed by atoms with Gasteiger partial charge in [-0.3, -0.25) is 19.5 Å². The van der Waals surface area contributed by atoms with Crippen molar-refractivity contribution < 1.29 is 14.0 Å². The third kappa shape index (κ3) is 4.35. The summed E-state index contributed by atoms with van der Waals surface area (Å²) in [4.78, 5) is 31.4. The fourth-order valence-electron chi connectivity index (χ4n) is 3.75. The SMILES string of the molecule is Cc1ccc(NC(=O)CN2CCC3(CC2)N=C(c2cccc(F)c2)C(=O)N3)cc1. The van der Waals surface area contributed by atoms with Crippen LogP contribution in [-0.2, 0) is 9.59 Å². The molecule has 1 saturated heterocycles. The van der Waals surface area contributed by atoms with E-state index in [2.05, 4.69) is 20.5 Å². The van der Waals surface area contributed by atoms with Crippen molar-refractivity contribution in [3.05, 3.63) is 65.5 Å². The number of piperidine rings is 1. The van der Waals surface area contributed by atoms with Crippen molar-refractivity contribution in [3.63, 3.8) is 0 Å². The maximum atomic E-state index is 13.5. The van der Waals surface area contributed by atoms with Crippen molar-refractivity contribution in [3.8, 4) is 0 Å². The van der Waals surface area contributed by atoms with Gasteiger partial charge < -0.3 is 10.6 Å². The Bertz CT molecular complexity index is 963. The van der Waals surface area contributed by atoms with Crippen LogP contribution in [0, 0.1) is 12.7 Å². The second-order valence-electron chi connectivity index (χ2n) is 7.65. The number of carbonyl (C=O) groups excluding carboxylic acids is 2. The van der Waals surface area contributed by atoms with Gasteiger partial charge in [-0.05, 0) is 31.2 Å². The van der Waals surface area contributed by atoms with E-state index in [-0.39, 0.29) is 17.5 Å². The molecule has 0 bridgehead atoms. The molecule has 2 aromatic carbocycles. The molecule has 2 aliphatic heterocycles. The van der Waals surface area contributed by atoms with Gasteiger partial charge >= 0.3 is 0 Å². The van der Waals surface area contributed by atoms with Crippen LogP contribution in [0.5, 0.6) is 0 Å². The van der Waals surface area contributed by atoms with Crippen LogP contribution < -0.4 is 10.6 Å². The number of halogens is 1. The van der Waals surface area contributed by atoms with Crippen molar-refractivity contribution in [2.24, 2.45) is 4.99 Å². The fourth-order valence-corrected chi connectivity index (χ4v) is 3.75. The van der Waals surface area contributed by atoms with E-state index in [0.29, 0.717) is 38.0 Å². The molecule has 0 saturated carbocycles. The summed E-state index contributed by atoms with van der Waals surface area (Å²) in [5.74, 6) is -0.737. The van der Waals surface area contributed by atoms with Crippen LogP contribution in [0.25, 0.3) is 0 Å². The first-order valence-electron chi connectivity index (χ1n) is 9.70. The van der Waals surface area contributed by atoms with Gasteiger partial charge in [0.15, 0.2) is 0 Å². The molecule has 0 unspecified atom stereocenters. The van der Waals surface area contributed by atoms with Gasteiger partial charge in [-0.2, -0.15) is 0 Å². The van der Waals surface area contributed by atoms with Crippen molar-refractivity contribution in [1.82, 2.24) is 10.2 Å². The second-order valence-corrected chi connectivity index (χ2v) is 7.65. The maximum absolute atomic E-state index is 13.5. The molecule has 0 aromatic heterocycles. The zero-order chi connectivity index (χ0) is 20.4. The average Bonchev–Trinajstić information content (AvgIpc) is 3.02. The number of benzene rings is 2. The monoisotopic (exact) mass is 394 g/mol. The van der Waals surface area contributed by atoms with E-state index in [9.17, 15) is 14.0 Å². The number of hydrogen-bond donors (Lipinski definition) is 2. The van der Waals surface area contributed by atoms with E-state index in [0.717, 1.165) is 11.3 Å². The summed E-state index contributed by atoms with van der Waals surface area (Å²) in [7, 11) is 0. The van der Waals surface area contributed by atoms with Gasteiger partial charge in [0.05, 0.1) is 6.54 Å². The molecule has 0 aliphatic carbocycles. The smallest absolute Gasteiger partial charge is 0.272 e. The molecular formula is C22H23FN4O2. The summed E-state index contributed by atoms with van der Waals surface area (Å²) in [5, 5.41) is 5.87. The highest BCUT2D eigenvalue weighted by Crippen LogP contribution is 2.29. The topological polar surface area (TPSA) is 73.8 Å².